The predicted molar refractivity (Wildman–Crippen MR) is 114 cm³/mol. The zero-order chi connectivity index (χ0) is 19.6. The SMILES string of the molecule is CC1(C(=O)Nc2ccccc2Cc2ccccc2)Sc2ccccc2NC1=O. The predicted octanol–water partition coefficient (Wildman–Crippen LogP) is 4.72. The summed E-state index contributed by atoms with van der Waals surface area (Å²) in [6.45, 7) is 1.66. The average molecular weight is 388 g/mol. The number of nitrogens with one attached hydrogen (secondary N) is 2. The summed E-state index contributed by atoms with van der Waals surface area (Å²) in [6, 6.07) is 25.3. The van der Waals surface area contributed by atoms with Crippen LogP contribution in [0.5, 0.6) is 0 Å². The van der Waals surface area contributed by atoms with Crippen LogP contribution >= 0.6 is 11.8 Å². The van der Waals surface area contributed by atoms with E-state index in [9.17, 15) is 9.59 Å². The van der Waals surface area contributed by atoms with Gasteiger partial charge in [0.25, 0.3) is 0 Å². The molecule has 1 aliphatic rings. The van der Waals surface area contributed by atoms with Crippen molar-refractivity contribution in [2.45, 2.75) is 23.0 Å². The van der Waals surface area contributed by atoms with E-state index < -0.39 is 4.75 Å². The molecule has 2 N–H and O–H groups in total. The first-order valence-electron chi connectivity index (χ1n) is 9.09. The molecule has 4 rings (SSSR count). The fourth-order valence-electron chi connectivity index (χ4n) is 3.17. The summed E-state index contributed by atoms with van der Waals surface area (Å²) in [6.07, 6.45) is 0.705. The molecular formula is C23H20N2O2S. The molecule has 0 radical (unpaired) electrons. The van der Waals surface area contributed by atoms with Crippen molar-refractivity contribution in [2.75, 3.05) is 10.6 Å². The Morgan fingerprint density at radius 3 is 2.46 bits per heavy atom. The summed E-state index contributed by atoms with van der Waals surface area (Å²) in [5, 5.41) is 5.83. The first kappa shape index (κ1) is 18.3. The lowest BCUT2D eigenvalue weighted by Gasteiger charge is -2.32. The number of anilines is 2. The third-order valence-electron chi connectivity index (χ3n) is 4.82. The van der Waals surface area contributed by atoms with Crippen LogP contribution in [0.1, 0.15) is 18.1 Å². The molecule has 5 heteroatoms. The summed E-state index contributed by atoms with van der Waals surface area (Å²) >= 11 is 1.28. The number of benzene rings is 3. The minimum absolute atomic E-state index is 0.311. The van der Waals surface area contributed by atoms with Gasteiger partial charge in [-0.2, -0.15) is 0 Å². The van der Waals surface area contributed by atoms with Crippen LogP contribution in [-0.4, -0.2) is 16.6 Å². The number of hydrogen-bond donors (Lipinski definition) is 2. The van der Waals surface area contributed by atoms with Gasteiger partial charge in [0, 0.05) is 10.6 Å². The Morgan fingerprint density at radius 2 is 1.64 bits per heavy atom. The second-order valence-electron chi connectivity index (χ2n) is 6.86. The summed E-state index contributed by atoms with van der Waals surface area (Å²) in [5.41, 5.74) is 3.64. The van der Waals surface area contributed by atoms with Gasteiger partial charge in [-0.3, -0.25) is 9.59 Å². The lowest BCUT2D eigenvalue weighted by Crippen LogP contribution is -2.49. The molecule has 2 amide bonds. The maximum atomic E-state index is 13.1. The largest absolute Gasteiger partial charge is 0.324 e. The van der Waals surface area contributed by atoms with Gasteiger partial charge in [0.05, 0.1) is 5.69 Å². The van der Waals surface area contributed by atoms with Crippen molar-refractivity contribution in [1.29, 1.82) is 0 Å². The Kier molecular flexibility index (Phi) is 4.92. The minimum Gasteiger partial charge on any atom is -0.324 e. The molecule has 0 saturated carbocycles. The normalized spacial score (nSPS) is 18.1. The highest BCUT2D eigenvalue weighted by atomic mass is 32.2. The molecule has 3 aromatic carbocycles. The molecule has 0 fully saturated rings. The first-order chi connectivity index (χ1) is 13.6. The molecule has 0 saturated heterocycles. The van der Waals surface area contributed by atoms with Crippen molar-refractivity contribution in [3.63, 3.8) is 0 Å². The van der Waals surface area contributed by atoms with Gasteiger partial charge in [-0.05, 0) is 42.7 Å². The third-order valence-corrected chi connectivity index (χ3v) is 6.17. The van der Waals surface area contributed by atoms with E-state index in [1.807, 2.05) is 66.7 Å². The quantitative estimate of drug-likeness (QED) is 0.636. The highest BCUT2D eigenvalue weighted by molar-refractivity contribution is 8.02. The molecule has 0 aliphatic carbocycles. The highest BCUT2D eigenvalue weighted by Gasteiger charge is 2.45. The number of fused-ring (bicyclic) bond motifs is 1. The van der Waals surface area contributed by atoms with Crippen LogP contribution in [0.4, 0.5) is 11.4 Å². The van der Waals surface area contributed by atoms with E-state index in [4.69, 9.17) is 0 Å². The zero-order valence-corrected chi connectivity index (χ0v) is 16.3. The summed E-state index contributed by atoms with van der Waals surface area (Å²) in [4.78, 5) is 26.7. The molecule has 1 aliphatic heterocycles. The summed E-state index contributed by atoms with van der Waals surface area (Å²) in [7, 11) is 0. The van der Waals surface area contributed by atoms with Crippen molar-refractivity contribution >= 4 is 35.0 Å². The van der Waals surface area contributed by atoms with Gasteiger partial charge >= 0.3 is 0 Å². The average Bonchev–Trinajstić information content (AvgIpc) is 2.71. The fourth-order valence-corrected chi connectivity index (χ4v) is 4.27. The molecule has 1 unspecified atom stereocenters. The van der Waals surface area contributed by atoms with Crippen molar-refractivity contribution in [1.82, 2.24) is 0 Å². The standard InChI is InChI=1S/C23H20N2O2S/c1-23(22(27)25-19-13-7-8-14-20(19)28-23)21(26)24-18-12-6-5-11-17(18)15-16-9-3-2-4-10-16/h2-14H,15H2,1H3,(H,24,26)(H,25,27). The smallest absolute Gasteiger partial charge is 0.250 e. The summed E-state index contributed by atoms with van der Waals surface area (Å²) in [5.74, 6) is -0.640. The number of para-hydroxylation sites is 2. The van der Waals surface area contributed by atoms with Crippen LogP contribution in [0.3, 0.4) is 0 Å². The van der Waals surface area contributed by atoms with Crippen molar-refractivity contribution in [2.24, 2.45) is 0 Å². The second-order valence-corrected chi connectivity index (χ2v) is 8.32. The Labute approximate surface area is 168 Å². The number of carbonyl (C=O) groups excluding carboxylic acids is 2. The van der Waals surface area contributed by atoms with Crippen LogP contribution in [0.15, 0.2) is 83.8 Å². The topological polar surface area (TPSA) is 58.2 Å². The Bertz CT molecular complexity index is 1040. The van der Waals surface area contributed by atoms with E-state index in [-0.39, 0.29) is 11.8 Å². The van der Waals surface area contributed by atoms with Gasteiger partial charge in [0.1, 0.15) is 0 Å². The first-order valence-corrected chi connectivity index (χ1v) is 9.91. The van der Waals surface area contributed by atoms with Gasteiger partial charge in [-0.1, -0.05) is 72.4 Å². The molecule has 4 nitrogen and oxygen atoms in total. The molecule has 1 atom stereocenters. The van der Waals surface area contributed by atoms with E-state index >= 15 is 0 Å². The molecule has 28 heavy (non-hydrogen) atoms. The Balaban J connectivity index is 1.58. The van der Waals surface area contributed by atoms with Crippen molar-refractivity contribution in [3.05, 3.63) is 90.0 Å². The monoisotopic (exact) mass is 388 g/mol. The van der Waals surface area contributed by atoms with Gasteiger partial charge in [-0.25, -0.2) is 0 Å². The van der Waals surface area contributed by atoms with Crippen LogP contribution in [0, 0.1) is 0 Å². The Hall–Kier alpha value is -3.05. The van der Waals surface area contributed by atoms with E-state index in [2.05, 4.69) is 22.8 Å². The van der Waals surface area contributed by atoms with Crippen LogP contribution < -0.4 is 10.6 Å². The van der Waals surface area contributed by atoms with E-state index in [1.54, 1.807) is 6.92 Å². The maximum absolute atomic E-state index is 13.1. The number of thioether (sulfide) groups is 1. The number of rotatable bonds is 4. The van der Waals surface area contributed by atoms with Crippen molar-refractivity contribution < 1.29 is 9.59 Å². The molecule has 3 aromatic rings. The van der Waals surface area contributed by atoms with E-state index in [1.165, 1.54) is 11.8 Å². The van der Waals surface area contributed by atoms with Gasteiger partial charge in [0.15, 0.2) is 4.75 Å². The van der Waals surface area contributed by atoms with Crippen molar-refractivity contribution in [3.8, 4) is 0 Å². The minimum atomic E-state index is -1.24. The second kappa shape index (κ2) is 7.52. The summed E-state index contributed by atoms with van der Waals surface area (Å²) < 4.78 is -1.24. The molecular weight excluding hydrogens is 368 g/mol. The fraction of sp³-hybridized carbons (Fsp3) is 0.130. The lowest BCUT2D eigenvalue weighted by molar-refractivity contribution is -0.126. The highest BCUT2D eigenvalue weighted by Crippen LogP contribution is 2.42. The Morgan fingerprint density at radius 1 is 0.964 bits per heavy atom. The number of carbonyl (C=O) groups is 2. The third kappa shape index (κ3) is 3.53. The molecule has 0 spiro atoms. The molecule has 0 bridgehead atoms. The van der Waals surface area contributed by atoms with Gasteiger partial charge < -0.3 is 10.6 Å². The van der Waals surface area contributed by atoms with Crippen LogP contribution in [0.25, 0.3) is 0 Å². The van der Waals surface area contributed by atoms with E-state index in [0.29, 0.717) is 6.42 Å². The molecule has 140 valence electrons. The van der Waals surface area contributed by atoms with Gasteiger partial charge in [-0.15, -0.1) is 0 Å². The van der Waals surface area contributed by atoms with E-state index in [0.717, 1.165) is 27.4 Å². The zero-order valence-electron chi connectivity index (χ0n) is 15.4. The van der Waals surface area contributed by atoms with Crippen LogP contribution in [0.2, 0.25) is 0 Å². The maximum Gasteiger partial charge on any atom is 0.250 e. The van der Waals surface area contributed by atoms with Gasteiger partial charge in [0.2, 0.25) is 11.8 Å². The lowest BCUT2D eigenvalue weighted by atomic mass is 10.0. The molecule has 1 heterocycles. The molecule has 0 aromatic heterocycles. The van der Waals surface area contributed by atoms with Crippen LogP contribution in [-0.2, 0) is 16.0 Å². The number of amides is 2. The number of hydrogen-bond acceptors (Lipinski definition) is 3.